The third-order valence-corrected chi connectivity index (χ3v) is 8.02. The predicted octanol–water partition coefficient (Wildman–Crippen LogP) is 5.85. The number of hydrogen-bond acceptors (Lipinski definition) is 5. The van der Waals surface area contributed by atoms with E-state index in [1.165, 1.54) is 41.9 Å². The lowest BCUT2D eigenvalue weighted by molar-refractivity contribution is 0.0264. The molecule has 3 atom stereocenters. The van der Waals surface area contributed by atoms with Crippen LogP contribution in [0.25, 0.3) is 17.0 Å². The van der Waals surface area contributed by atoms with Crippen molar-refractivity contribution in [2.45, 2.75) is 77.0 Å². The normalized spacial score (nSPS) is 24.7. The van der Waals surface area contributed by atoms with Gasteiger partial charge in [0.2, 0.25) is 0 Å². The first kappa shape index (κ1) is 24.0. The standard InChI is InChI=1S/C30H37N5O2/c1-19-7-6-8-24(31-19)26-27(35-23-10-9-22(17-23)28(35)32-26)21-11-14-33(5)25(18-21)20-12-15-34(16-13-20)29(36)37-30(2,3)4/h6-8,11-12,14,18,22-23,25H,9-10,13,15-17H2,1-5H3. The number of aryl methyl sites for hydroxylation is 1. The highest BCUT2D eigenvalue weighted by Crippen LogP contribution is 2.52. The van der Waals surface area contributed by atoms with Crippen molar-refractivity contribution < 1.29 is 9.53 Å². The second kappa shape index (κ2) is 8.89. The minimum Gasteiger partial charge on any atom is -0.444 e. The number of nitrogens with zero attached hydrogens (tertiary/aromatic N) is 5. The number of pyridine rings is 1. The molecule has 2 aromatic heterocycles. The molecule has 194 valence electrons. The van der Waals surface area contributed by atoms with Gasteiger partial charge in [0, 0.05) is 49.6 Å². The smallest absolute Gasteiger partial charge is 0.410 e. The predicted molar refractivity (Wildman–Crippen MR) is 145 cm³/mol. The maximum atomic E-state index is 12.6. The molecule has 2 bridgehead atoms. The van der Waals surface area contributed by atoms with Gasteiger partial charge in [0.05, 0.1) is 17.4 Å². The molecule has 7 nitrogen and oxygen atoms in total. The largest absolute Gasteiger partial charge is 0.444 e. The molecule has 3 aliphatic heterocycles. The highest BCUT2D eigenvalue weighted by atomic mass is 16.6. The molecule has 37 heavy (non-hydrogen) atoms. The second-order valence-electron chi connectivity index (χ2n) is 11.9. The maximum Gasteiger partial charge on any atom is 0.410 e. The molecular weight excluding hydrogens is 462 g/mol. The van der Waals surface area contributed by atoms with Crippen LogP contribution in [-0.4, -0.2) is 62.2 Å². The van der Waals surface area contributed by atoms with Gasteiger partial charge in [-0.15, -0.1) is 0 Å². The molecule has 0 N–H and O–H groups in total. The Kier molecular flexibility index (Phi) is 5.77. The lowest BCUT2D eigenvalue weighted by atomic mass is 9.93. The molecule has 1 fully saturated rings. The molecule has 0 radical (unpaired) electrons. The molecule has 0 spiro atoms. The van der Waals surface area contributed by atoms with E-state index in [0.717, 1.165) is 23.5 Å². The molecule has 0 aromatic carbocycles. The molecule has 1 aliphatic carbocycles. The van der Waals surface area contributed by atoms with E-state index in [1.807, 2.05) is 33.8 Å². The Morgan fingerprint density at radius 1 is 1.16 bits per heavy atom. The Balaban J connectivity index is 1.34. The second-order valence-corrected chi connectivity index (χ2v) is 11.9. The molecule has 6 rings (SSSR count). The van der Waals surface area contributed by atoms with E-state index in [1.54, 1.807) is 4.90 Å². The lowest BCUT2D eigenvalue weighted by Gasteiger charge is -2.35. The fraction of sp³-hybridized carbons (Fsp3) is 0.500. The number of allylic oxidation sites excluding steroid dienone is 2. The van der Waals surface area contributed by atoms with E-state index < -0.39 is 5.60 Å². The van der Waals surface area contributed by atoms with Crippen LogP contribution in [0.4, 0.5) is 4.79 Å². The van der Waals surface area contributed by atoms with E-state index >= 15 is 0 Å². The summed E-state index contributed by atoms with van der Waals surface area (Å²) in [5.74, 6) is 1.80. The molecule has 1 saturated carbocycles. The number of aromatic nitrogens is 3. The van der Waals surface area contributed by atoms with Gasteiger partial charge in [0.25, 0.3) is 0 Å². The number of carbonyl (C=O) groups is 1. The van der Waals surface area contributed by atoms with Crippen molar-refractivity contribution in [1.29, 1.82) is 0 Å². The first-order chi connectivity index (χ1) is 17.7. The van der Waals surface area contributed by atoms with Gasteiger partial charge in [-0.25, -0.2) is 9.78 Å². The van der Waals surface area contributed by atoms with Crippen LogP contribution in [0.15, 0.2) is 48.2 Å². The summed E-state index contributed by atoms with van der Waals surface area (Å²) in [7, 11) is 2.13. The molecule has 3 unspecified atom stereocenters. The Morgan fingerprint density at radius 3 is 2.73 bits per heavy atom. The first-order valence-electron chi connectivity index (χ1n) is 13.5. The van der Waals surface area contributed by atoms with Crippen LogP contribution in [0, 0.1) is 6.92 Å². The summed E-state index contributed by atoms with van der Waals surface area (Å²) < 4.78 is 8.10. The first-order valence-corrected chi connectivity index (χ1v) is 13.5. The van der Waals surface area contributed by atoms with E-state index in [4.69, 9.17) is 14.7 Å². The fourth-order valence-corrected chi connectivity index (χ4v) is 6.27. The minimum atomic E-state index is -0.484. The van der Waals surface area contributed by atoms with Gasteiger partial charge in [0.15, 0.2) is 0 Å². The number of rotatable bonds is 3. The van der Waals surface area contributed by atoms with Crippen LogP contribution >= 0.6 is 0 Å². The van der Waals surface area contributed by atoms with Crippen molar-refractivity contribution >= 4 is 11.7 Å². The van der Waals surface area contributed by atoms with Gasteiger partial charge in [-0.3, -0.25) is 4.98 Å². The molecule has 7 heteroatoms. The van der Waals surface area contributed by atoms with Crippen molar-refractivity contribution in [2.75, 3.05) is 20.1 Å². The van der Waals surface area contributed by atoms with E-state index in [2.05, 4.69) is 53.1 Å². The van der Waals surface area contributed by atoms with Gasteiger partial charge in [-0.2, -0.15) is 0 Å². The summed E-state index contributed by atoms with van der Waals surface area (Å²) in [6.07, 6.45) is 13.3. The third kappa shape index (κ3) is 4.38. The number of carbonyl (C=O) groups excluding carboxylic acids is 1. The van der Waals surface area contributed by atoms with E-state index in [9.17, 15) is 4.79 Å². The van der Waals surface area contributed by atoms with Crippen molar-refractivity contribution in [1.82, 2.24) is 24.3 Å². The quantitative estimate of drug-likeness (QED) is 0.496. The monoisotopic (exact) mass is 499 g/mol. The number of hydrogen-bond donors (Lipinski definition) is 0. The zero-order chi connectivity index (χ0) is 25.9. The summed E-state index contributed by atoms with van der Waals surface area (Å²) in [4.78, 5) is 26.7. The van der Waals surface area contributed by atoms with Crippen LogP contribution < -0.4 is 0 Å². The van der Waals surface area contributed by atoms with Crippen LogP contribution in [0.5, 0.6) is 0 Å². The molecule has 1 amide bonds. The summed E-state index contributed by atoms with van der Waals surface area (Å²) in [6.45, 7) is 9.01. The van der Waals surface area contributed by atoms with E-state index in [-0.39, 0.29) is 12.1 Å². The zero-order valence-corrected chi connectivity index (χ0v) is 22.6. The average molecular weight is 500 g/mol. The van der Waals surface area contributed by atoms with Crippen molar-refractivity contribution in [3.05, 3.63) is 65.4 Å². The van der Waals surface area contributed by atoms with Crippen LogP contribution in [0.3, 0.4) is 0 Å². The average Bonchev–Trinajstić information content (AvgIpc) is 3.56. The van der Waals surface area contributed by atoms with Gasteiger partial charge in [0.1, 0.15) is 17.1 Å². The molecular formula is C30H37N5O2. The number of fused-ring (bicyclic) bond motifs is 5. The molecule has 4 aliphatic rings. The molecule has 5 heterocycles. The molecule has 2 aromatic rings. The Morgan fingerprint density at radius 2 is 2.00 bits per heavy atom. The fourth-order valence-electron chi connectivity index (χ4n) is 6.27. The number of amides is 1. The minimum absolute atomic E-state index is 0.142. The Labute approximate surface area is 219 Å². The number of ether oxygens (including phenoxy) is 1. The Bertz CT molecular complexity index is 1330. The van der Waals surface area contributed by atoms with Crippen molar-refractivity contribution in [3.63, 3.8) is 0 Å². The SMILES string of the molecule is Cc1cccc(-c2nc3n(c2C2=CC(C4=CCN(C(=O)OC(C)(C)C)CC4)N(C)C=C2)C2CCC3C2)n1. The van der Waals surface area contributed by atoms with Crippen LogP contribution in [0.1, 0.15) is 75.6 Å². The highest BCUT2D eigenvalue weighted by molar-refractivity contribution is 5.83. The topological polar surface area (TPSA) is 63.5 Å². The van der Waals surface area contributed by atoms with Crippen molar-refractivity contribution in [3.8, 4) is 11.4 Å². The lowest BCUT2D eigenvalue weighted by Crippen LogP contribution is -2.41. The summed E-state index contributed by atoms with van der Waals surface area (Å²) in [5, 5.41) is 0. The summed E-state index contributed by atoms with van der Waals surface area (Å²) in [6, 6.07) is 6.87. The third-order valence-electron chi connectivity index (χ3n) is 8.02. The number of likely N-dealkylation sites (N-methyl/N-ethyl adjacent to an activating group) is 1. The van der Waals surface area contributed by atoms with Crippen molar-refractivity contribution in [2.24, 2.45) is 0 Å². The summed E-state index contributed by atoms with van der Waals surface area (Å²) in [5.41, 5.74) is 6.23. The van der Waals surface area contributed by atoms with E-state index in [0.29, 0.717) is 25.0 Å². The van der Waals surface area contributed by atoms with Gasteiger partial charge in [-0.05, 0) is 83.2 Å². The Hall–Kier alpha value is -3.35. The number of imidazole rings is 1. The van der Waals surface area contributed by atoms with Gasteiger partial charge < -0.3 is 19.1 Å². The summed E-state index contributed by atoms with van der Waals surface area (Å²) >= 11 is 0. The molecule has 0 saturated heterocycles. The zero-order valence-electron chi connectivity index (χ0n) is 22.6. The van der Waals surface area contributed by atoms with Gasteiger partial charge >= 0.3 is 6.09 Å². The highest BCUT2D eigenvalue weighted by Gasteiger charge is 2.42. The van der Waals surface area contributed by atoms with Gasteiger partial charge in [-0.1, -0.05) is 12.1 Å². The van der Waals surface area contributed by atoms with Crippen LogP contribution in [0.2, 0.25) is 0 Å². The maximum absolute atomic E-state index is 12.6. The van der Waals surface area contributed by atoms with Crippen LogP contribution in [-0.2, 0) is 4.74 Å².